The first-order valence-corrected chi connectivity index (χ1v) is 5.36. The second kappa shape index (κ2) is 5.57. The van der Waals surface area contributed by atoms with Crippen LogP contribution in [-0.2, 0) is 19.1 Å². The highest BCUT2D eigenvalue weighted by molar-refractivity contribution is 5.32. The molecule has 0 atom stereocenters. The third kappa shape index (κ3) is 3.21. The standard InChI is InChI=1S/C8H6F8N2.C2H6/c1-3-4(7(11,12)13)5(17-18(3)2)6(9,10)8(14,15)16;1-2/h1-2H3;1-2H3. The quantitative estimate of drug-likeness (QED) is 0.702. The Kier molecular flexibility index (Phi) is 5.19. The Hall–Kier alpha value is -1.35. The fourth-order valence-corrected chi connectivity index (χ4v) is 1.30. The molecule has 0 spiro atoms. The molecule has 2 nitrogen and oxygen atoms in total. The molecule has 118 valence electrons. The molecule has 0 saturated carbocycles. The summed E-state index contributed by atoms with van der Waals surface area (Å²) >= 11 is 0. The van der Waals surface area contributed by atoms with E-state index in [2.05, 4.69) is 5.10 Å². The topological polar surface area (TPSA) is 17.8 Å². The predicted molar refractivity (Wildman–Crippen MR) is 54.2 cm³/mol. The Balaban J connectivity index is 0.00000172. The second-order valence-electron chi connectivity index (χ2n) is 3.50. The molecule has 0 bridgehead atoms. The van der Waals surface area contributed by atoms with Crippen LogP contribution in [0.4, 0.5) is 35.1 Å². The van der Waals surface area contributed by atoms with Crippen molar-refractivity contribution < 1.29 is 35.1 Å². The summed E-state index contributed by atoms with van der Waals surface area (Å²) in [6.45, 7) is 4.76. The molecule has 0 amide bonds. The summed E-state index contributed by atoms with van der Waals surface area (Å²) in [5.41, 5.74) is -5.21. The zero-order chi connectivity index (χ0) is 16.5. The molecule has 1 aromatic rings. The summed E-state index contributed by atoms with van der Waals surface area (Å²) in [6.07, 6.45) is -11.5. The Morgan fingerprint density at radius 1 is 0.900 bits per heavy atom. The molecule has 0 aliphatic heterocycles. The first-order valence-electron chi connectivity index (χ1n) is 5.36. The van der Waals surface area contributed by atoms with Gasteiger partial charge >= 0.3 is 18.3 Å². The molecular weight excluding hydrogens is 300 g/mol. The third-order valence-corrected chi connectivity index (χ3v) is 2.27. The first kappa shape index (κ1) is 18.7. The van der Waals surface area contributed by atoms with Gasteiger partial charge in [0.1, 0.15) is 5.56 Å². The third-order valence-electron chi connectivity index (χ3n) is 2.27. The number of hydrogen-bond donors (Lipinski definition) is 0. The van der Waals surface area contributed by atoms with Crippen molar-refractivity contribution in [3.8, 4) is 0 Å². The Morgan fingerprint density at radius 2 is 1.30 bits per heavy atom. The van der Waals surface area contributed by atoms with E-state index in [9.17, 15) is 35.1 Å². The number of nitrogens with zero attached hydrogens (tertiary/aromatic N) is 2. The van der Waals surface area contributed by atoms with Crippen LogP contribution in [0.15, 0.2) is 0 Å². The van der Waals surface area contributed by atoms with E-state index in [0.717, 1.165) is 14.0 Å². The molecule has 0 aliphatic carbocycles. The molecule has 20 heavy (non-hydrogen) atoms. The number of rotatable bonds is 1. The first-order chi connectivity index (χ1) is 8.80. The number of halogens is 8. The van der Waals surface area contributed by atoms with Gasteiger partial charge in [-0.05, 0) is 6.92 Å². The van der Waals surface area contributed by atoms with Crippen molar-refractivity contribution in [1.82, 2.24) is 9.78 Å². The van der Waals surface area contributed by atoms with E-state index in [1.807, 2.05) is 13.8 Å². The SMILES string of the molecule is CC.Cc1c(C(F)(F)F)c(C(F)(F)C(F)(F)F)nn1C. The van der Waals surface area contributed by atoms with E-state index in [0.29, 0.717) is 4.68 Å². The molecule has 0 aliphatic rings. The fourth-order valence-electron chi connectivity index (χ4n) is 1.30. The fraction of sp³-hybridized carbons (Fsp3) is 0.700. The van der Waals surface area contributed by atoms with Crippen molar-refractivity contribution >= 4 is 0 Å². The number of alkyl halides is 8. The summed E-state index contributed by atoms with van der Waals surface area (Å²) in [7, 11) is 0.848. The van der Waals surface area contributed by atoms with Gasteiger partial charge in [-0.25, -0.2) is 0 Å². The van der Waals surface area contributed by atoms with Gasteiger partial charge < -0.3 is 0 Å². The average Bonchev–Trinajstić information content (AvgIpc) is 2.56. The van der Waals surface area contributed by atoms with Crippen molar-refractivity contribution in [1.29, 1.82) is 0 Å². The Labute approximate surface area is 109 Å². The van der Waals surface area contributed by atoms with Gasteiger partial charge in [-0.3, -0.25) is 4.68 Å². The summed E-state index contributed by atoms with van der Waals surface area (Å²) in [4.78, 5) is 0. The average molecular weight is 312 g/mol. The van der Waals surface area contributed by atoms with Crippen LogP contribution in [0.5, 0.6) is 0 Å². The number of hydrogen-bond acceptors (Lipinski definition) is 1. The van der Waals surface area contributed by atoms with E-state index < -0.39 is 35.2 Å². The van der Waals surface area contributed by atoms with Gasteiger partial charge in [-0.1, -0.05) is 13.8 Å². The zero-order valence-corrected chi connectivity index (χ0v) is 10.9. The summed E-state index contributed by atoms with van der Waals surface area (Å²) in [5, 5.41) is 2.64. The van der Waals surface area contributed by atoms with Gasteiger partial charge in [0, 0.05) is 12.7 Å². The maximum atomic E-state index is 12.9. The number of aromatic nitrogens is 2. The van der Waals surface area contributed by atoms with Gasteiger partial charge in [0.2, 0.25) is 0 Å². The van der Waals surface area contributed by atoms with Crippen LogP contribution in [-0.4, -0.2) is 16.0 Å². The van der Waals surface area contributed by atoms with Crippen molar-refractivity contribution in [2.75, 3.05) is 0 Å². The molecule has 1 rings (SSSR count). The van der Waals surface area contributed by atoms with Crippen molar-refractivity contribution in [2.24, 2.45) is 7.05 Å². The number of aryl methyl sites for hydroxylation is 1. The predicted octanol–water partition coefficient (Wildman–Crippen LogP) is 4.43. The molecule has 1 heterocycles. The van der Waals surface area contributed by atoms with Crippen LogP contribution in [0.2, 0.25) is 0 Å². The van der Waals surface area contributed by atoms with Gasteiger partial charge in [-0.15, -0.1) is 0 Å². The molecular formula is C10H12F8N2. The highest BCUT2D eigenvalue weighted by atomic mass is 19.4. The van der Waals surface area contributed by atoms with Crippen LogP contribution in [0, 0.1) is 6.92 Å². The largest absolute Gasteiger partial charge is 0.459 e. The lowest BCUT2D eigenvalue weighted by Gasteiger charge is -2.19. The monoisotopic (exact) mass is 312 g/mol. The Bertz CT molecular complexity index is 455. The molecule has 0 N–H and O–H groups in total. The summed E-state index contributed by atoms with van der Waals surface area (Å²) in [5.74, 6) is -5.66. The lowest BCUT2D eigenvalue weighted by atomic mass is 10.1. The maximum Gasteiger partial charge on any atom is 0.459 e. The highest BCUT2D eigenvalue weighted by Gasteiger charge is 2.63. The van der Waals surface area contributed by atoms with Gasteiger partial charge in [0.15, 0.2) is 5.69 Å². The van der Waals surface area contributed by atoms with E-state index >= 15 is 0 Å². The summed E-state index contributed by atoms with van der Waals surface area (Å²) in [6, 6.07) is 0. The van der Waals surface area contributed by atoms with Crippen LogP contribution in [0.3, 0.4) is 0 Å². The molecule has 0 radical (unpaired) electrons. The highest BCUT2D eigenvalue weighted by Crippen LogP contribution is 2.48. The molecule has 1 aromatic heterocycles. The second-order valence-corrected chi connectivity index (χ2v) is 3.50. The van der Waals surface area contributed by atoms with Gasteiger partial charge in [-0.2, -0.15) is 40.2 Å². The van der Waals surface area contributed by atoms with E-state index in [4.69, 9.17) is 0 Å². The molecule has 0 unspecified atom stereocenters. The van der Waals surface area contributed by atoms with E-state index in [1.54, 1.807) is 0 Å². The normalized spacial score (nSPS) is 13.0. The van der Waals surface area contributed by atoms with Crippen LogP contribution in [0.25, 0.3) is 0 Å². The molecule has 10 heteroatoms. The smallest absolute Gasteiger partial charge is 0.272 e. The van der Waals surface area contributed by atoms with Gasteiger partial charge in [0.25, 0.3) is 0 Å². The van der Waals surface area contributed by atoms with E-state index in [1.165, 1.54) is 0 Å². The van der Waals surface area contributed by atoms with Gasteiger partial charge in [0.05, 0.1) is 0 Å². The molecule has 0 fully saturated rings. The molecule has 0 aromatic carbocycles. The lowest BCUT2D eigenvalue weighted by Crippen LogP contribution is -2.36. The summed E-state index contributed by atoms with van der Waals surface area (Å²) < 4.78 is 99.9. The van der Waals surface area contributed by atoms with Crippen LogP contribution < -0.4 is 0 Å². The van der Waals surface area contributed by atoms with E-state index in [-0.39, 0.29) is 0 Å². The van der Waals surface area contributed by atoms with Crippen LogP contribution in [0.1, 0.15) is 30.8 Å². The Morgan fingerprint density at radius 3 is 1.60 bits per heavy atom. The maximum absolute atomic E-state index is 12.9. The van der Waals surface area contributed by atoms with Crippen molar-refractivity contribution in [3.05, 3.63) is 17.0 Å². The minimum absolute atomic E-state index is 0.331. The van der Waals surface area contributed by atoms with Crippen molar-refractivity contribution in [3.63, 3.8) is 0 Å². The lowest BCUT2D eigenvalue weighted by molar-refractivity contribution is -0.292. The minimum atomic E-state index is -6.15. The molecule has 0 saturated heterocycles. The minimum Gasteiger partial charge on any atom is -0.272 e. The zero-order valence-electron chi connectivity index (χ0n) is 10.9. The van der Waals surface area contributed by atoms with Crippen LogP contribution >= 0.6 is 0 Å². The van der Waals surface area contributed by atoms with Crippen molar-refractivity contribution in [2.45, 2.75) is 39.0 Å².